The van der Waals surface area contributed by atoms with Crippen molar-refractivity contribution in [3.8, 4) is 0 Å². The molecule has 0 heterocycles. The van der Waals surface area contributed by atoms with Crippen molar-refractivity contribution >= 4 is 30.1 Å². The first-order valence-electron chi connectivity index (χ1n) is 12.3. The van der Waals surface area contributed by atoms with Gasteiger partial charge >= 0.3 is 26.2 Å². The Morgan fingerprint density at radius 2 is 0.567 bits per heavy atom. The topological polar surface area (TPSA) is 0 Å². The third-order valence-electron chi connectivity index (χ3n) is 7.65. The van der Waals surface area contributed by atoms with Gasteiger partial charge in [0.05, 0.1) is 0 Å². The summed E-state index contributed by atoms with van der Waals surface area (Å²) in [7, 11) is -2.47. The van der Waals surface area contributed by atoms with Crippen molar-refractivity contribution in [1.82, 2.24) is 0 Å². The molecule has 0 atom stereocenters. The molecule has 0 nitrogen and oxygen atoms in total. The third-order valence-corrected chi connectivity index (χ3v) is 66.1. The van der Waals surface area contributed by atoms with Crippen LogP contribution in [0.5, 0.6) is 0 Å². The van der Waals surface area contributed by atoms with Crippen LogP contribution in [0.4, 0.5) is 0 Å². The first-order valence-corrected chi connectivity index (χ1v) is 27.3. The maximum atomic E-state index is 2.61. The molecule has 5 heteroatoms. The molecule has 0 aliphatic heterocycles. The van der Waals surface area contributed by atoms with Gasteiger partial charge in [0, 0.05) is 30.1 Å². The van der Waals surface area contributed by atoms with Gasteiger partial charge in [0.1, 0.15) is 0 Å². The molecular weight excluding hydrogens is 504 g/mol. The Balaban J connectivity index is -0.000000380. The van der Waals surface area contributed by atoms with Gasteiger partial charge in [-0.2, -0.15) is 0 Å². The molecule has 0 spiro atoms. The molecule has 30 heavy (non-hydrogen) atoms. The summed E-state index contributed by atoms with van der Waals surface area (Å²) < 4.78 is 0. The molecule has 2 aliphatic carbocycles. The summed E-state index contributed by atoms with van der Waals surface area (Å²) in [6.45, 7) is 35.5. The van der Waals surface area contributed by atoms with E-state index in [4.69, 9.17) is 0 Å². The molecule has 0 amide bonds. The van der Waals surface area contributed by atoms with Gasteiger partial charge in [0.2, 0.25) is 0 Å². The zero-order valence-electron chi connectivity index (χ0n) is 23.9. The standard InChI is InChI=1S/C10H20.C9H27Si4.C5H10.CH3.Zr/c1-6-7(2)9(4)10(5)8(6)3;1-11(2,3)10(12(4,5)6)13(7,8)9;1-2-4-5-3-1;;/h6-10H,1-5H3;1-9H3;1-5H2;1H3;/q;;;-1;+3. The minimum atomic E-state index is -0.832. The van der Waals surface area contributed by atoms with Crippen molar-refractivity contribution in [3.05, 3.63) is 7.43 Å². The summed E-state index contributed by atoms with van der Waals surface area (Å²) >= 11 is 0. The fraction of sp³-hybridized carbons (Fsp3) is 0.960. The quantitative estimate of drug-likeness (QED) is 0.237. The zero-order valence-corrected chi connectivity index (χ0v) is 30.4. The normalized spacial score (nSPS) is 29.1. The zero-order chi connectivity index (χ0) is 22.5. The van der Waals surface area contributed by atoms with Crippen molar-refractivity contribution in [3.63, 3.8) is 0 Å². The summed E-state index contributed by atoms with van der Waals surface area (Å²) in [6.07, 6.45) is 7.50. The Hall–Kier alpha value is 1.75. The molecule has 0 aromatic heterocycles. The summed E-state index contributed by atoms with van der Waals surface area (Å²) in [4.78, 5) is 0. The molecular formula is C25H60Si4Zr+2. The van der Waals surface area contributed by atoms with Crippen LogP contribution >= 0.6 is 0 Å². The Labute approximate surface area is 217 Å². The van der Waals surface area contributed by atoms with Crippen LogP contribution in [0.3, 0.4) is 0 Å². The summed E-state index contributed by atoms with van der Waals surface area (Å²) in [5, 5.41) is 0. The van der Waals surface area contributed by atoms with E-state index < -0.39 is 22.8 Å². The summed E-state index contributed by atoms with van der Waals surface area (Å²) in [5.41, 5.74) is 0. The van der Waals surface area contributed by atoms with E-state index in [0.29, 0.717) is 0 Å². The molecule has 2 radical (unpaired) electrons. The molecule has 2 rings (SSSR count). The largest absolute Gasteiger partial charge is 3.00 e. The minimum Gasteiger partial charge on any atom is -0.358 e. The van der Waals surface area contributed by atoms with Crippen LogP contribution < -0.4 is 0 Å². The van der Waals surface area contributed by atoms with E-state index in [2.05, 4.69) is 93.5 Å². The number of rotatable bonds is 3. The molecule has 2 fully saturated rings. The first kappa shape index (κ1) is 36.3. The molecule has 0 unspecified atom stereocenters. The second-order valence-corrected chi connectivity index (χ2v) is 49.9. The van der Waals surface area contributed by atoms with Gasteiger partial charge in [-0.25, -0.2) is 0 Å². The number of hydrogen-bond donors (Lipinski definition) is 0. The van der Waals surface area contributed by atoms with Crippen LogP contribution in [-0.4, -0.2) is 30.1 Å². The van der Waals surface area contributed by atoms with Crippen LogP contribution in [0.2, 0.25) is 58.9 Å². The second kappa shape index (κ2) is 14.9. The van der Waals surface area contributed by atoms with Gasteiger partial charge < -0.3 is 7.43 Å². The van der Waals surface area contributed by atoms with Gasteiger partial charge in [-0.3, -0.25) is 0 Å². The Kier molecular flexibility index (Phi) is 18.0. The fourth-order valence-electron chi connectivity index (χ4n) is 6.65. The molecule has 0 N–H and O–H groups in total. The maximum Gasteiger partial charge on any atom is 3.00 e. The van der Waals surface area contributed by atoms with E-state index in [1.165, 1.54) is 32.1 Å². The average Bonchev–Trinajstić information content (AvgIpc) is 3.10. The smallest absolute Gasteiger partial charge is 0.358 e. The van der Waals surface area contributed by atoms with Gasteiger partial charge in [-0.15, -0.1) is 0 Å². The molecule has 2 aliphatic rings. The number of hydrogen-bond acceptors (Lipinski definition) is 0. The van der Waals surface area contributed by atoms with E-state index in [9.17, 15) is 0 Å². The maximum absolute atomic E-state index is 2.61. The van der Waals surface area contributed by atoms with Gasteiger partial charge in [-0.05, 0) is 29.6 Å². The average molecular weight is 564 g/mol. The summed E-state index contributed by atoms with van der Waals surface area (Å²) in [5.74, 6) is 4.68. The SMILES string of the molecule is C1CCCC1.CC1C(C)C(C)C(C)C1C.C[Si](C)(C)[Si]([Si](C)(C)C)[Si](C)(C)C.[CH3-].[Zr+3]. The van der Waals surface area contributed by atoms with E-state index in [1.807, 2.05) is 0 Å². The van der Waals surface area contributed by atoms with Crippen LogP contribution in [0.1, 0.15) is 66.7 Å². The molecule has 2 saturated carbocycles. The predicted octanol–water partition coefficient (Wildman–Crippen LogP) is 9.31. The molecule has 0 aromatic rings. The van der Waals surface area contributed by atoms with Crippen LogP contribution in [0.25, 0.3) is 0 Å². The molecule has 0 aromatic carbocycles. The van der Waals surface area contributed by atoms with Gasteiger partial charge in [0.25, 0.3) is 0 Å². The Morgan fingerprint density at radius 1 is 0.433 bits per heavy atom. The van der Waals surface area contributed by atoms with Crippen molar-refractivity contribution < 1.29 is 26.2 Å². The summed E-state index contributed by atoms with van der Waals surface area (Å²) in [6, 6.07) is 0. The van der Waals surface area contributed by atoms with Crippen LogP contribution in [-0.2, 0) is 26.2 Å². The fourth-order valence-corrected chi connectivity index (χ4v) is 94.4. The molecule has 178 valence electrons. The van der Waals surface area contributed by atoms with Crippen molar-refractivity contribution in [1.29, 1.82) is 0 Å². The van der Waals surface area contributed by atoms with Crippen LogP contribution in [0.15, 0.2) is 0 Å². The van der Waals surface area contributed by atoms with Gasteiger partial charge in [-0.1, -0.05) is 126 Å². The van der Waals surface area contributed by atoms with E-state index >= 15 is 0 Å². The van der Waals surface area contributed by atoms with Crippen molar-refractivity contribution in [2.45, 2.75) is 126 Å². The van der Waals surface area contributed by atoms with E-state index in [0.717, 1.165) is 29.6 Å². The van der Waals surface area contributed by atoms with E-state index in [-0.39, 0.29) is 41.0 Å². The second-order valence-electron chi connectivity index (χ2n) is 13.2. The van der Waals surface area contributed by atoms with E-state index in [1.54, 1.807) is 0 Å². The Morgan fingerprint density at radius 3 is 0.633 bits per heavy atom. The third kappa shape index (κ3) is 12.3. The molecule has 0 saturated heterocycles. The van der Waals surface area contributed by atoms with Crippen molar-refractivity contribution in [2.24, 2.45) is 29.6 Å². The van der Waals surface area contributed by atoms with Crippen LogP contribution in [0, 0.1) is 37.0 Å². The molecule has 0 bridgehead atoms. The first-order chi connectivity index (χ1) is 12.4. The van der Waals surface area contributed by atoms with Gasteiger partial charge in [0.15, 0.2) is 0 Å². The predicted molar refractivity (Wildman–Crippen MR) is 151 cm³/mol. The minimum absolute atomic E-state index is 0. The monoisotopic (exact) mass is 562 g/mol. The Bertz CT molecular complexity index is 344. The van der Waals surface area contributed by atoms with Crippen molar-refractivity contribution in [2.75, 3.05) is 0 Å².